The highest BCUT2D eigenvalue weighted by atomic mass is 32.2. The summed E-state index contributed by atoms with van der Waals surface area (Å²) in [5, 5.41) is 2.80. The van der Waals surface area contributed by atoms with Crippen LogP contribution < -0.4 is 5.32 Å². The van der Waals surface area contributed by atoms with E-state index in [-0.39, 0.29) is 11.8 Å². The van der Waals surface area contributed by atoms with E-state index in [0.717, 1.165) is 5.56 Å². The second-order valence-corrected chi connectivity index (χ2v) is 6.45. The number of nitrogens with zero attached hydrogens (tertiary/aromatic N) is 1. The number of rotatable bonds is 6. The van der Waals surface area contributed by atoms with Gasteiger partial charge in [-0.3, -0.25) is 9.59 Å². The predicted molar refractivity (Wildman–Crippen MR) is 94.8 cm³/mol. The fraction of sp³-hybridized carbons (Fsp3) is 0.222. The third kappa shape index (κ3) is 5.56. The molecule has 0 fully saturated rings. The number of hydrogen-bond donors (Lipinski definition) is 1. The maximum atomic E-state index is 12.4. The van der Waals surface area contributed by atoms with Crippen molar-refractivity contribution < 1.29 is 18.4 Å². The average Bonchev–Trinajstić information content (AvgIpc) is 2.56. The summed E-state index contributed by atoms with van der Waals surface area (Å²) in [6, 6.07) is 13.2. The number of amides is 2. The Kier molecular flexibility index (Phi) is 6.52. The van der Waals surface area contributed by atoms with Gasteiger partial charge in [-0.05, 0) is 35.9 Å². The van der Waals surface area contributed by atoms with Crippen molar-refractivity contribution in [3.05, 3.63) is 59.7 Å². The molecule has 0 unspecified atom stereocenters. The molecule has 0 radical (unpaired) electrons. The average molecular weight is 364 g/mol. The highest BCUT2D eigenvalue weighted by molar-refractivity contribution is 7.99. The fourth-order valence-corrected chi connectivity index (χ4v) is 2.63. The van der Waals surface area contributed by atoms with Crippen molar-refractivity contribution in [3.63, 3.8) is 0 Å². The number of alkyl halides is 2. The van der Waals surface area contributed by atoms with E-state index in [2.05, 4.69) is 5.32 Å². The minimum absolute atomic E-state index is 0.0757. The lowest BCUT2D eigenvalue weighted by molar-refractivity contribution is -0.128. The first-order valence-electron chi connectivity index (χ1n) is 7.52. The zero-order valence-corrected chi connectivity index (χ0v) is 14.6. The first-order valence-corrected chi connectivity index (χ1v) is 8.40. The van der Waals surface area contributed by atoms with Crippen LogP contribution in [0.3, 0.4) is 0 Å². The number of para-hydroxylation sites is 1. The van der Waals surface area contributed by atoms with Crippen LogP contribution in [0.25, 0.3) is 0 Å². The van der Waals surface area contributed by atoms with Gasteiger partial charge in [0.2, 0.25) is 5.91 Å². The first kappa shape index (κ1) is 18.9. The zero-order chi connectivity index (χ0) is 18.4. The largest absolute Gasteiger partial charge is 0.342 e. The van der Waals surface area contributed by atoms with Gasteiger partial charge in [-0.2, -0.15) is 8.78 Å². The minimum atomic E-state index is -2.50. The molecule has 4 nitrogen and oxygen atoms in total. The van der Waals surface area contributed by atoms with Crippen LogP contribution >= 0.6 is 11.8 Å². The number of hydrogen-bond acceptors (Lipinski definition) is 3. The Morgan fingerprint density at radius 3 is 2.36 bits per heavy atom. The third-order valence-electron chi connectivity index (χ3n) is 3.55. The lowest BCUT2D eigenvalue weighted by atomic mass is 10.1. The van der Waals surface area contributed by atoms with Crippen LogP contribution in [-0.4, -0.2) is 29.5 Å². The Balaban J connectivity index is 2.11. The third-order valence-corrected chi connectivity index (χ3v) is 4.27. The van der Waals surface area contributed by atoms with Gasteiger partial charge in [0, 0.05) is 36.7 Å². The molecule has 132 valence electrons. The van der Waals surface area contributed by atoms with E-state index in [1.807, 2.05) is 12.1 Å². The molecule has 2 rings (SSSR count). The summed E-state index contributed by atoms with van der Waals surface area (Å²) in [5.41, 5.74) is 1.78. The van der Waals surface area contributed by atoms with Crippen molar-refractivity contribution in [2.75, 3.05) is 12.4 Å². The quantitative estimate of drug-likeness (QED) is 0.781. The van der Waals surface area contributed by atoms with Gasteiger partial charge in [-0.15, -0.1) is 0 Å². The Bertz CT molecular complexity index is 751. The van der Waals surface area contributed by atoms with Gasteiger partial charge in [0.1, 0.15) is 0 Å². The highest BCUT2D eigenvalue weighted by Crippen LogP contribution is 2.25. The monoisotopic (exact) mass is 364 g/mol. The van der Waals surface area contributed by atoms with E-state index < -0.39 is 5.76 Å². The second-order valence-electron chi connectivity index (χ2n) is 5.39. The van der Waals surface area contributed by atoms with Crippen molar-refractivity contribution in [1.29, 1.82) is 0 Å². The maximum Gasteiger partial charge on any atom is 0.288 e. The van der Waals surface area contributed by atoms with Crippen molar-refractivity contribution in [2.45, 2.75) is 24.1 Å². The molecule has 2 aromatic carbocycles. The smallest absolute Gasteiger partial charge is 0.288 e. The Labute approximate surface area is 149 Å². The van der Waals surface area contributed by atoms with Crippen molar-refractivity contribution in [3.8, 4) is 0 Å². The van der Waals surface area contributed by atoms with Gasteiger partial charge >= 0.3 is 0 Å². The van der Waals surface area contributed by atoms with E-state index in [1.54, 1.807) is 24.1 Å². The van der Waals surface area contributed by atoms with Crippen LogP contribution in [0.15, 0.2) is 53.4 Å². The number of nitrogens with one attached hydrogen (secondary N) is 1. The summed E-state index contributed by atoms with van der Waals surface area (Å²) < 4.78 is 24.7. The van der Waals surface area contributed by atoms with Gasteiger partial charge in [0.05, 0.1) is 0 Å². The maximum absolute atomic E-state index is 12.4. The minimum Gasteiger partial charge on any atom is -0.342 e. The Hall–Kier alpha value is -2.41. The van der Waals surface area contributed by atoms with E-state index in [4.69, 9.17) is 0 Å². The molecule has 0 saturated heterocycles. The summed E-state index contributed by atoms with van der Waals surface area (Å²) >= 11 is 0.432. The van der Waals surface area contributed by atoms with Gasteiger partial charge in [-0.25, -0.2) is 0 Å². The first-order chi connectivity index (χ1) is 11.9. The number of halogens is 2. The van der Waals surface area contributed by atoms with Gasteiger partial charge in [-0.1, -0.05) is 30.0 Å². The summed E-state index contributed by atoms with van der Waals surface area (Å²) in [7, 11) is 1.68. The molecule has 0 aromatic heterocycles. The van der Waals surface area contributed by atoms with E-state index in [1.165, 1.54) is 31.2 Å². The molecule has 1 N–H and O–H groups in total. The van der Waals surface area contributed by atoms with Gasteiger partial charge in [0.25, 0.3) is 11.7 Å². The van der Waals surface area contributed by atoms with Crippen LogP contribution in [0.1, 0.15) is 22.8 Å². The molecule has 0 heterocycles. The standard InChI is InChI=1S/C18H18F2N2O2S/c1-12(23)22(2)11-14-5-3-4-6-16(14)21-17(24)13-7-9-15(10-8-13)25-18(19)20/h3-10,18H,11H2,1-2H3,(H,21,24). The fourth-order valence-electron chi connectivity index (χ4n) is 2.13. The molecule has 0 aliphatic rings. The molecule has 0 atom stereocenters. The molecule has 0 aliphatic carbocycles. The second kappa shape index (κ2) is 8.62. The lowest BCUT2D eigenvalue weighted by Gasteiger charge is -2.18. The highest BCUT2D eigenvalue weighted by Gasteiger charge is 2.12. The molecular formula is C18H18F2N2O2S. The molecule has 2 aromatic rings. The van der Waals surface area contributed by atoms with E-state index >= 15 is 0 Å². The van der Waals surface area contributed by atoms with Crippen LogP contribution in [0, 0.1) is 0 Å². The van der Waals surface area contributed by atoms with Crippen LogP contribution in [-0.2, 0) is 11.3 Å². The molecular weight excluding hydrogens is 346 g/mol. The number of carbonyl (C=O) groups is 2. The SMILES string of the molecule is CC(=O)N(C)Cc1ccccc1NC(=O)c1ccc(SC(F)F)cc1. The number of benzene rings is 2. The molecule has 0 bridgehead atoms. The van der Waals surface area contributed by atoms with Crippen molar-refractivity contribution >= 4 is 29.3 Å². The van der Waals surface area contributed by atoms with E-state index in [0.29, 0.717) is 34.5 Å². The zero-order valence-electron chi connectivity index (χ0n) is 13.8. The van der Waals surface area contributed by atoms with Gasteiger partial charge < -0.3 is 10.2 Å². The molecule has 2 amide bonds. The topological polar surface area (TPSA) is 49.4 Å². The number of thioether (sulfide) groups is 1. The summed E-state index contributed by atoms with van der Waals surface area (Å²) in [6.07, 6.45) is 0. The van der Waals surface area contributed by atoms with Crippen LogP contribution in [0.5, 0.6) is 0 Å². The molecule has 0 spiro atoms. The Morgan fingerprint density at radius 2 is 1.76 bits per heavy atom. The van der Waals surface area contributed by atoms with Crippen LogP contribution in [0.2, 0.25) is 0 Å². The summed E-state index contributed by atoms with van der Waals surface area (Å²) in [4.78, 5) is 25.7. The normalized spacial score (nSPS) is 10.6. The number of carbonyl (C=O) groups excluding carboxylic acids is 2. The number of anilines is 1. The predicted octanol–water partition coefficient (Wildman–Crippen LogP) is 4.23. The Morgan fingerprint density at radius 1 is 1.12 bits per heavy atom. The van der Waals surface area contributed by atoms with Crippen molar-refractivity contribution in [2.24, 2.45) is 0 Å². The summed E-state index contributed by atoms with van der Waals surface area (Å²) in [5.74, 6) is -2.91. The molecule has 0 saturated carbocycles. The lowest BCUT2D eigenvalue weighted by Crippen LogP contribution is -2.24. The molecule has 0 aliphatic heterocycles. The molecule has 7 heteroatoms. The van der Waals surface area contributed by atoms with Crippen molar-refractivity contribution in [1.82, 2.24) is 4.90 Å². The summed E-state index contributed by atoms with van der Waals surface area (Å²) in [6.45, 7) is 1.84. The van der Waals surface area contributed by atoms with E-state index in [9.17, 15) is 18.4 Å². The van der Waals surface area contributed by atoms with Crippen LogP contribution in [0.4, 0.5) is 14.5 Å². The molecule has 25 heavy (non-hydrogen) atoms. The van der Waals surface area contributed by atoms with Gasteiger partial charge in [0.15, 0.2) is 0 Å².